The zero-order valence-electron chi connectivity index (χ0n) is 12.4. The number of benzene rings is 1. The molecule has 2 aromatic rings. The molecule has 2 rings (SSSR count). The number of anilines is 1. The second-order valence-corrected chi connectivity index (χ2v) is 6.55. The summed E-state index contributed by atoms with van der Waals surface area (Å²) in [5.74, 6) is 1.82. The lowest BCUT2D eigenvalue weighted by atomic mass is 9.95. The van der Waals surface area contributed by atoms with Crippen LogP contribution in [0.25, 0.3) is 0 Å². The highest BCUT2D eigenvalue weighted by molar-refractivity contribution is 6.42. The lowest BCUT2D eigenvalue weighted by Gasteiger charge is -2.19. The quantitative estimate of drug-likeness (QED) is 0.864. The summed E-state index contributed by atoms with van der Waals surface area (Å²) in [5.41, 5.74) is 6.38. The van der Waals surface area contributed by atoms with Crippen LogP contribution in [0.4, 0.5) is 5.82 Å². The van der Waals surface area contributed by atoms with Gasteiger partial charge in [0.05, 0.1) is 10.6 Å². The molecule has 0 atom stereocenters. The highest BCUT2D eigenvalue weighted by atomic mass is 35.5. The van der Waals surface area contributed by atoms with Gasteiger partial charge in [-0.15, -0.1) is 0 Å². The van der Waals surface area contributed by atoms with Gasteiger partial charge in [-0.1, -0.05) is 50.0 Å². The maximum Gasteiger partial charge on any atom is 0.227 e. The van der Waals surface area contributed by atoms with Crippen molar-refractivity contribution in [2.45, 2.75) is 33.1 Å². The van der Waals surface area contributed by atoms with Crippen molar-refractivity contribution in [3.8, 4) is 11.6 Å². The van der Waals surface area contributed by atoms with Crippen LogP contribution in [0.1, 0.15) is 32.2 Å². The van der Waals surface area contributed by atoms with Gasteiger partial charge >= 0.3 is 0 Å². The van der Waals surface area contributed by atoms with Crippen LogP contribution in [0.3, 0.4) is 0 Å². The van der Waals surface area contributed by atoms with E-state index in [1.54, 1.807) is 25.1 Å². The number of hydrogen-bond donors (Lipinski definition) is 1. The Bertz CT molecular complexity index is 681. The van der Waals surface area contributed by atoms with Crippen molar-refractivity contribution in [1.82, 2.24) is 9.97 Å². The number of nitrogens with zero attached hydrogens (tertiary/aromatic N) is 2. The Morgan fingerprint density at radius 1 is 1.14 bits per heavy atom. The molecular weight excluding hydrogens is 309 g/mol. The summed E-state index contributed by atoms with van der Waals surface area (Å²) >= 11 is 12.1. The predicted molar refractivity (Wildman–Crippen MR) is 86.4 cm³/mol. The van der Waals surface area contributed by atoms with Crippen molar-refractivity contribution >= 4 is 29.0 Å². The fourth-order valence-corrected chi connectivity index (χ4v) is 1.94. The van der Waals surface area contributed by atoms with E-state index in [9.17, 15) is 0 Å². The smallest absolute Gasteiger partial charge is 0.227 e. The van der Waals surface area contributed by atoms with Crippen molar-refractivity contribution in [1.29, 1.82) is 0 Å². The number of hydrogen-bond acceptors (Lipinski definition) is 4. The largest absolute Gasteiger partial charge is 0.437 e. The molecular formula is C15H17Cl2N3O. The van der Waals surface area contributed by atoms with Gasteiger partial charge in [0.1, 0.15) is 22.4 Å². The summed E-state index contributed by atoms with van der Waals surface area (Å²) in [5, 5.41) is 0.762. The molecule has 0 saturated carbocycles. The lowest BCUT2D eigenvalue weighted by Crippen LogP contribution is -2.18. The van der Waals surface area contributed by atoms with E-state index in [2.05, 4.69) is 9.97 Å². The van der Waals surface area contributed by atoms with E-state index in [0.29, 0.717) is 38.9 Å². The van der Waals surface area contributed by atoms with Crippen LogP contribution in [0.15, 0.2) is 18.2 Å². The Balaban J connectivity index is 2.49. The third-order valence-corrected chi connectivity index (χ3v) is 3.73. The predicted octanol–water partition coefficient (Wildman–Crippen LogP) is 4.76. The van der Waals surface area contributed by atoms with Gasteiger partial charge in [0.2, 0.25) is 5.88 Å². The molecule has 0 bridgehead atoms. The maximum absolute atomic E-state index is 6.13. The van der Waals surface area contributed by atoms with Crippen molar-refractivity contribution in [3.05, 3.63) is 39.6 Å². The normalized spacial score (nSPS) is 11.5. The molecule has 21 heavy (non-hydrogen) atoms. The molecule has 0 aliphatic carbocycles. The second-order valence-electron chi connectivity index (χ2n) is 5.77. The number of rotatable bonds is 2. The third kappa shape index (κ3) is 3.39. The number of nitrogen functional groups attached to an aromatic ring is 1. The molecule has 0 aliphatic heterocycles. The Kier molecular flexibility index (Phi) is 4.30. The Morgan fingerprint density at radius 3 is 2.43 bits per heavy atom. The fraction of sp³-hybridized carbons (Fsp3) is 0.333. The summed E-state index contributed by atoms with van der Waals surface area (Å²) in [6.45, 7) is 7.82. The highest BCUT2D eigenvalue weighted by Crippen LogP contribution is 2.36. The second kappa shape index (κ2) is 5.70. The van der Waals surface area contributed by atoms with Gasteiger partial charge < -0.3 is 10.5 Å². The van der Waals surface area contributed by atoms with Gasteiger partial charge in [-0.25, -0.2) is 4.98 Å². The summed E-state index contributed by atoms with van der Waals surface area (Å²) in [6, 6.07) is 5.18. The molecule has 112 valence electrons. The van der Waals surface area contributed by atoms with E-state index in [1.807, 2.05) is 20.8 Å². The molecule has 0 spiro atoms. The molecule has 0 unspecified atom stereocenters. The highest BCUT2D eigenvalue weighted by Gasteiger charge is 2.21. The third-order valence-electron chi connectivity index (χ3n) is 2.93. The lowest BCUT2D eigenvalue weighted by molar-refractivity contribution is 0.443. The molecule has 4 nitrogen and oxygen atoms in total. The fourth-order valence-electron chi connectivity index (χ4n) is 1.61. The van der Waals surface area contributed by atoms with E-state index in [4.69, 9.17) is 33.7 Å². The van der Waals surface area contributed by atoms with Gasteiger partial charge in [0.25, 0.3) is 0 Å². The number of aromatic nitrogens is 2. The van der Waals surface area contributed by atoms with Crippen LogP contribution < -0.4 is 10.5 Å². The summed E-state index contributed by atoms with van der Waals surface area (Å²) in [4.78, 5) is 8.77. The average Bonchev–Trinajstić information content (AvgIpc) is 2.38. The monoisotopic (exact) mass is 325 g/mol. The summed E-state index contributed by atoms with van der Waals surface area (Å²) in [7, 11) is 0. The van der Waals surface area contributed by atoms with Crippen molar-refractivity contribution < 1.29 is 4.74 Å². The first-order valence-corrected chi connectivity index (χ1v) is 7.22. The van der Waals surface area contributed by atoms with E-state index < -0.39 is 0 Å². The van der Waals surface area contributed by atoms with Crippen molar-refractivity contribution in [2.75, 3.05) is 5.73 Å². The Labute approximate surface area is 134 Å². The molecule has 6 heteroatoms. The summed E-state index contributed by atoms with van der Waals surface area (Å²) < 4.78 is 5.79. The standard InChI is InChI=1S/C15H17Cl2N3O/c1-8-12(18)19-14(15(2,3)4)20-13(8)21-10-7-5-6-9(16)11(10)17/h5-7H,1-4H3,(H2,18,19,20). The molecule has 1 aromatic heterocycles. The van der Waals surface area contributed by atoms with Crippen LogP contribution in [0, 0.1) is 6.92 Å². The van der Waals surface area contributed by atoms with Gasteiger partial charge in [-0.05, 0) is 19.1 Å². The zero-order valence-corrected chi connectivity index (χ0v) is 13.9. The molecule has 0 amide bonds. The number of nitrogens with two attached hydrogens (primary N) is 1. The minimum atomic E-state index is -0.238. The minimum Gasteiger partial charge on any atom is -0.437 e. The van der Waals surface area contributed by atoms with Gasteiger partial charge in [0, 0.05) is 5.41 Å². The van der Waals surface area contributed by atoms with Gasteiger partial charge in [-0.2, -0.15) is 4.98 Å². The van der Waals surface area contributed by atoms with Crippen LogP contribution in [0.2, 0.25) is 10.0 Å². The van der Waals surface area contributed by atoms with Crippen molar-refractivity contribution in [2.24, 2.45) is 0 Å². The van der Waals surface area contributed by atoms with Crippen molar-refractivity contribution in [3.63, 3.8) is 0 Å². The Hall–Kier alpha value is -1.52. The van der Waals surface area contributed by atoms with Crippen LogP contribution >= 0.6 is 23.2 Å². The van der Waals surface area contributed by atoms with E-state index >= 15 is 0 Å². The van der Waals surface area contributed by atoms with Crippen LogP contribution in [-0.2, 0) is 5.41 Å². The maximum atomic E-state index is 6.13. The first-order chi connectivity index (χ1) is 9.70. The molecule has 0 saturated heterocycles. The van der Waals surface area contributed by atoms with E-state index in [0.717, 1.165) is 0 Å². The molecule has 0 aliphatic rings. The first kappa shape index (κ1) is 15.9. The minimum absolute atomic E-state index is 0.238. The van der Waals surface area contributed by atoms with Crippen LogP contribution in [0.5, 0.6) is 11.6 Å². The topological polar surface area (TPSA) is 61.0 Å². The van der Waals surface area contributed by atoms with Gasteiger partial charge in [-0.3, -0.25) is 0 Å². The summed E-state index contributed by atoms with van der Waals surface area (Å²) in [6.07, 6.45) is 0. The van der Waals surface area contributed by atoms with Crippen LogP contribution in [-0.4, -0.2) is 9.97 Å². The molecule has 1 aromatic carbocycles. The van der Waals surface area contributed by atoms with E-state index in [-0.39, 0.29) is 5.41 Å². The molecule has 2 N–H and O–H groups in total. The number of ether oxygens (including phenoxy) is 1. The SMILES string of the molecule is Cc1c(N)nc(C(C)(C)C)nc1Oc1cccc(Cl)c1Cl. The molecule has 0 fully saturated rings. The molecule has 0 radical (unpaired) electrons. The van der Waals surface area contributed by atoms with Gasteiger partial charge in [0.15, 0.2) is 0 Å². The first-order valence-electron chi connectivity index (χ1n) is 6.46. The number of halogens is 2. The average molecular weight is 326 g/mol. The molecule has 1 heterocycles. The Morgan fingerprint density at radius 2 is 1.81 bits per heavy atom. The zero-order chi connectivity index (χ0) is 15.8. The van der Waals surface area contributed by atoms with E-state index in [1.165, 1.54) is 0 Å².